The van der Waals surface area contributed by atoms with Crippen LogP contribution in [0, 0.1) is 6.92 Å². The highest BCUT2D eigenvalue weighted by Crippen LogP contribution is 2.35. The van der Waals surface area contributed by atoms with Crippen LogP contribution in [0.2, 0.25) is 15.1 Å². The van der Waals surface area contributed by atoms with Crippen LogP contribution in [0.4, 0.5) is 0 Å². The number of pyridine rings is 2. The van der Waals surface area contributed by atoms with Gasteiger partial charge in [0.25, 0.3) is 0 Å². The second kappa shape index (κ2) is 8.81. The predicted molar refractivity (Wildman–Crippen MR) is 124 cm³/mol. The Morgan fingerprint density at radius 2 is 1.65 bits per heavy atom. The van der Waals surface area contributed by atoms with Gasteiger partial charge >= 0.3 is 0 Å². The maximum absolute atomic E-state index is 13.1. The number of piperazine rings is 1. The van der Waals surface area contributed by atoms with Crippen LogP contribution in [0.5, 0.6) is 0 Å². The second-order valence-corrected chi connectivity index (χ2v) is 10.6. The molecular formula is C21H21Cl3N4O2S. The van der Waals surface area contributed by atoms with E-state index in [1.807, 2.05) is 25.1 Å². The summed E-state index contributed by atoms with van der Waals surface area (Å²) < 4.78 is 27.7. The topological polar surface area (TPSA) is 66.4 Å². The minimum atomic E-state index is -3.83. The molecule has 6 nitrogen and oxygen atoms in total. The van der Waals surface area contributed by atoms with E-state index in [1.54, 1.807) is 6.20 Å². The van der Waals surface area contributed by atoms with Gasteiger partial charge in [0.15, 0.2) is 0 Å². The van der Waals surface area contributed by atoms with Gasteiger partial charge in [-0.3, -0.25) is 14.9 Å². The molecule has 0 saturated carbocycles. The molecule has 1 aromatic carbocycles. The summed E-state index contributed by atoms with van der Waals surface area (Å²) in [6.07, 6.45) is 1.76. The van der Waals surface area contributed by atoms with Gasteiger partial charge in [0.1, 0.15) is 4.90 Å². The quantitative estimate of drug-likeness (QED) is 0.507. The summed E-state index contributed by atoms with van der Waals surface area (Å²) in [5, 5.41) is 1.38. The molecule has 0 amide bonds. The lowest BCUT2D eigenvalue weighted by atomic mass is 10.1. The van der Waals surface area contributed by atoms with Gasteiger partial charge in [-0.15, -0.1) is 0 Å². The zero-order chi connectivity index (χ0) is 22.3. The van der Waals surface area contributed by atoms with Crippen molar-refractivity contribution in [1.82, 2.24) is 19.2 Å². The molecule has 1 atom stereocenters. The summed E-state index contributed by atoms with van der Waals surface area (Å²) in [6.45, 7) is 5.85. The molecule has 0 aliphatic carbocycles. The molecule has 1 saturated heterocycles. The lowest BCUT2D eigenvalue weighted by Gasteiger charge is -2.37. The number of aryl methyl sites for hydroxylation is 1. The third kappa shape index (κ3) is 4.40. The molecule has 1 aliphatic rings. The number of halogens is 3. The van der Waals surface area contributed by atoms with Crippen LogP contribution in [-0.2, 0) is 10.0 Å². The number of hydrogen-bond acceptors (Lipinski definition) is 5. The predicted octanol–water partition coefficient (Wildman–Crippen LogP) is 4.97. The average Bonchev–Trinajstić information content (AvgIpc) is 2.72. The Kier molecular flexibility index (Phi) is 6.45. The van der Waals surface area contributed by atoms with Crippen LogP contribution < -0.4 is 0 Å². The van der Waals surface area contributed by atoms with Crippen molar-refractivity contribution in [2.45, 2.75) is 24.8 Å². The molecule has 0 bridgehead atoms. The van der Waals surface area contributed by atoms with E-state index < -0.39 is 10.0 Å². The fourth-order valence-corrected chi connectivity index (χ4v) is 6.78. The molecule has 1 unspecified atom stereocenters. The number of fused-ring (bicyclic) bond motifs is 1. The van der Waals surface area contributed by atoms with Crippen molar-refractivity contribution in [3.63, 3.8) is 0 Å². The number of nitrogens with zero attached hydrogens (tertiary/aromatic N) is 4. The molecule has 10 heteroatoms. The summed E-state index contributed by atoms with van der Waals surface area (Å²) in [7, 11) is -3.83. The van der Waals surface area contributed by atoms with Crippen molar-refractivity contribution in [3.05, 3.63) is 63.0 Å². The second-order valence-electron chi connectivity index (χ2n) is 7.51. The monoisotopic (exact) mass is 498 g/mol. The van der Waals surface area contributed by atoms with Crippen molar-refractivity contribution in [2.75, 3.05) is 26.2 Å². The lowest BCUT2D eigenvalue weighted by molar-refractivity contribution is 0.144. The molecular weight excluding hydrogens is 479 g/mol. The first-order valence-electron chi connectivity index (χ1n) is 9.79. The van der Waals surface area contributed by atoms with E-state index in [2.05, 4.69) is 16.8 Å². The Hall–Kier alpha value is -1.48. The van der Waals surface area contributed by atoms with Crippen LogP contribution in [0.25, 0.3) is 10.9 Å². The van der Waals surface area contributed by atoms with Crippen LogP contribution in [0.3, 0.4) is 0 Å². The average molecular weight is 500 g/mol. The summed E-state index contributed by atoms with van der Waals surface area (Å²) in [4.78, 5) is 11.2. The molecule has 164 valence electrons. The Morgan fingerprint density at radius 3 is 2.29 bits per heavy atom. The lowest BCUT2D eigenvalue weighted by Crippen LogP contribution is -2.49. The molecule has 3 aromatic rings. The third-order valence-electron chi connectivity index (χ3n) is 5.65. The Labute approximate surface area is 196 Å². The summed E-state index contributed by atoms with van der Waals surface area (Å²) in [5.41, 5.74) is 2.80. The number of rotatable bonds is 4. The minimum Gasteiger partial charge on any atom is -0.292 e. The molecule has 0 radical (unpaired) electrons. The van der Waals surface area contributed by atoms with E-state index in [9.17, 15) is 8.42 Å². The smallest absolute Gasteiger partial charge is 0.246 e. The summed E-state index contributed by atoms with van der Waals surface area (Å²) in [5.74, 6) is 0. The van der Waals surface area contributed by atoms with Gasteiger partial charge in [0.05, 0.1) is 21.3 Å². The zero-order valence-corrected chi connectivity index (χ0v) is 20.1. The standard InChI is InChI=1S/C21H21Cl3N4O2S/c1-13-16-3-4-19(26-20(16)5-6-25-13)14(2)27-7-9-28(10-8-27)31(29,30)21-17(23)11-15(22)12-18(21)24/h3-6,11-12,14H,7-10H2,1-2H3. The van der Waals surface area contributed by atoms with Crippen molar-refractivity contribution in [1.29, 1.82) is 0 Å². The molecule has 1 aliphatic heterocycles. The molecule has 0 N–H and O–H groups in total. The van der Waals surface area contributed by atoms with E-state index in [-0.39, 0.29) is 21.0 Å². The third-order valence-corrected chi connectivity index (χ3v) is 8.69. The van der Waals surface area contributed by atoms with Gasteiger partial charge in [-0.2, -0.15) is 4.31 Å². The molecule has 0 spiro atoms. The number of hydrogen-bond donors (Lipinski definition) is 0. The van der Waals surface area contributed by atoms with Crippen LogP contribution in [-0.4, -0.2) is 53.8 Å². The van der Waals surface area contributed by atoms with Gasteiger partial charge in [0, 0.05) is 54.5 Å². The number of benzene rings is 1. The van der Waals surface area contributed by atoms with Crippen LogP contribution in [0.1, 0.15) is 24.4 Å². The highest BCUT2D eigenvalue weighted by molar-refractivity contribution is 7.89. The Balaban J connectivity index is 1.51. The Morgan fingerprint density at radius 1 is 1.00 bits per heavy atom. The largest absolute Gasteiger partial charge is 0.292 e. The Bertz CT molecular complexity index is 1220. The van der Waals surface area contributed by atoms with Crippen molar-refractivity contribution < 1.29 is 8.42 Å². The normalized spacial score (nSPS) is 17.2. The van der Waals surface area contributed by atoms with Gasteiger partial charge in [-0.05, 0) is 44.2 Å². The fourth-order valence-electron chi connectivity index (χ4n) is 3.87. The highest BCUT2D eigenvalue weighted by Gasteiger charge is 2.33. The first-order chi connectivity index (χ1) is 14.7. The van der Waals surface area contributed by atoms with Gasteiger partial charge < -0.3 is 0 Å². The summed E-state index contributed by atoms with van der Waals surface area (Å²) in [6, 6.07) is 8.79. The van der Waals surface area contributed by atoms with Crippen molar-refractivity contribution in [2.24, 2.45) is 0 Å². The molecule has 3 heterocycles. The zero-order valence-electron chi connectivity index (χ0n) is 17.0. The van der Waals surface area contributed by atoms with Gasteiger partial charge in [-0.25, -0.2) is 8.42 Å². The molecule has 2 aromatic heterocycles. The first-order valence-corrected chi connectivity index (χ1v) is 12.4. The van der Waals surface area contributed by atoms with Crippen LogP contribution in [0.15, 0.2) is 41.4 Å². The van der Waals surface area contributed by atoms with Gasteiger partial charge in [0.2, 0.25) is 10.0 Å². The highest BCUT2D eigenvalue weighted by atomic mass is 35.5. The van der Waals surface area contributed by atoms with E-state index in [0.717, 1.165) is 22.3 Å². The number of aromatic nitrogens is 2. The maximum Gasteiger partial charge on any atom is 0.246 e. The fraction of sp³-hybridized carbons (Fsp3) is 0.333. The van der Waals surface area contributed by atoms with Gasteiger partial charge in [-0.1, -0.05) is 34.8 Å². The van der Waals surface area contributed by atoms with E-state index in [1.165, 1.54) is 16.4 Å². The van der Waals surface area contributed by atoms with Crippen molar-refractivity contribution >= 4 is 55.7 Å². The van der Waals surface area contributed by atoms with Crippen LogP contribution >= 0.6 is 34.8 Å². The number of sulfonamides is 1. The first kappa shape index (κ1) is 22.7. The molecule has 1 fully saturated rings. The van der Waals surface area contributed by atoms with E-state index in [4.69, 9.17) is 39.8 Å². The SMILES string of the molecule is Cc1nccc2nc(C(C)N3CCN(S(=O)(=O)c4c(Cl)cc(Cl)cc4Cl)CC3)ccc12. The van der Waals surface area contributed by atoms with E-state index >= 15 is 0 Å². The molecule has 4 rings (SSSR count). The van der Waals surface area contributed by atoms with Crippen molar-refractivity contribution in [3.8, 4) is 0 Å². The maximum atomic E-state index is 13.1. The minimum absolute atomic E-state index is 0.0263. The molecule has 31 heavy (non-hydrogen) atoms. The van der Waals surface area contributed by atoms with E-state index in [0.29, 0.717) is 31.2 Å². The summed E-state index contributed by atoms with van der Waals surface area (Å²) >= 11 is 18.2.